The number of hydrogen-bond donors (Lipinski definition) is 1. The zero-order valence-corrected chi connectivity index (χ0v) is 13.6. The monoisotopic (exact) mass is 314 g/mol. The Morgan fingerprint density at radius 1 is 1.38 bits per heavy atom. The van der Waals surface area contributed by atoms with Gasteiger partial charge in [-0.2, -0.15) is 4.31 Å². The summed E-state index contributed by atoms with van der Waals surface area (Å²) in [6.07, 6.45) is 0.866. The Bertz CT molecular complexity index is 604. The van der Waals surface area contributed by atoms with E-state index in [2.05, 4.69) is 5.32 Å². The summed E-state index contributed by atoms with van der Waals surface area (Å²) in [4.78, 5) is 0.178. The number of sulfonamides is 1. The summed E-state index contributed by atoms with van der Waals surface area (Å²) in [7, 11) is -3.55. The standard InChI is InChI=1S/C15H23FN2O2S/c1-4-17-9-13-8-14(5-6-15(13)16)21(19,20)18-10-11(2)7-12(18)3/h5-6,8,11-12,17H,4,7,9-10H2,1-3H3. The molecule has 0 spiro atoms. The Labute approximate surface area is 126 Å². The van der Waals surface area contributed by atoms with Gasteiger partial charge >= 0.3 is 0 Å². The third-order valence-corrected chi connectivity index (χ3v) is 5.89. The molecule has 21 heavy (non-hydrogen) atoms. The van der Waals surface area contributed by atoms with Crippen molar-refractivity contribution < 1.29 is 12.8 Å². The van der Waals surface area contributed by atoms with Gasteiger partial charge in [-0.25, -0.2) is 12.8 Å². The predicted octanol–water partition coefficient (Wildman–Crippen LogP) is 2.35. The van der Waals surface area contributed by atoms with Crippen LogP contribution in [0.15, 0.2) is 23.1 Å². The molecule has 1 aliphatic heterocycles. The van der Waals surface area contributed by atoms with Gasteiger partial charge in [-0.05, 0) is 44.0 Å². The summed E-state index contributed by atoms with van der Waals surface area (Å²) in [5.41, 5.74) is 0.387. The lowest BCUT2D eigenvalue weighted by Gasteiger charge is -2.21. The van der Waals surface area contributed by atoms with Crippen LogP contribution in [0.2, 0.25) is 0 Å². The summed E-state index contributed by atoms with van der Waals surface area (Å²) in [5, 5.41) is 3.02. The topological polar surface area (TPSA) is 49.4 Å². The fourth-order valence-electron chi connectivity index (χ4n) is 2.84. The predicted molar refractivity (Wildman–Crippen MR) is 80.9 cm³/mol. The van der Waals surface area contributed by atoms with Crippen LogP contribution in [-0.4, -0.2) is 31.9 Å². The second-order valence-electron chi connectivity index (χ2n) is 5.80. The zero-order chi connectivity index (χ0) is 15.6. The highest BCUT2D eigenvalue weighted by atomic mass is 32.2. The van der Waals surface area contributed by atoms with Crippen molar-refractivity contribution in [2.45, 2.75) is 44.7 Å². The molecule has 6 heteroatoms. The molecule has 2 rings (SSSR count). The number of halogens is 1. The molecule has 118 valence electrons. The summed E-state index contributed by atoms with van der Waals surface area (Å²) in [6.45, 7) is 7.46. The Morgan fingerprint density at radius 2 is 2.10 bits per heavy atom. The zero-order valence-electron chi connectivity index (χ0n) is 12.8. The Hall–Kier alpha value is -0.980. The maximum absolute atomic E-state index is 13.7. The van der Waals surface area contributed by atoms with Gasteiger partial charge in [0.25, 0.3) is 0 Å². The molecular formula is C15H23FN2O2S. The smallest absolute Gasteiger partial charge is 0.243 e. The van der Waals surface area contributed by atoms with Gasteiger partial charge in [0.05, 0.1) is 4.90 Å². The molecule has 0 bridgehead atoms. The van der Waals surface area contributed by atoms with Gasteiger partial charge in [-0.3, -0.25) is 0 Å². The minimum absolute atomic E-state index is 0.00716. The second kappa shape index (κ2) is 6.42. The van der Waals surface area contributed by atoms with Crippen molar-refractivity contribution in [2.75, 3.05) is 13.1 Å². The van der Waals surface area contributed by atoms with Crippen molar-refractivity contribution in [3.8, 4) is 0 Å². The van der Waals surface area contributed by atoms with Crippen LogP contribution < -0.4 is 5.32 Å². The molecule has 2 unspecified atom stereocenters. The van der Waals surface area contributed by atoms with Gasteiger partial charge in [0.15, 0.2) is 0 Å². The lowest BCUT2D eigenvalue weighted by Crippen LogP contribution is -2.34. The number of hydrogen-bond acceptors (Lipinski definition) is 3. The van der Waals surface area contributed by atoms with E-state index in [1.165, 1.54) is 22.5 Å². The molecule has 0 amide bonds. The van der Waals surface area contributed by atoms with Gasteiger partial charge in [0.2, 0.25) is 10.0 Å². The van der Waals surface area contributed by atoms with Crippen molar-refractivity contribution in [3.05, 3.63) is 29.6 Å². The van der Waals surface area contributed by atoms with E-state index in [1.807, 2.05) is 20.8 Å². The van der Waals surface area contributed by atoms with E-state index in [0.717, 1.165) is 6.42 Å². The van der Waals surface area contributed by atoms with Gasteiger partial charge in [0, 0.05) is 24.7 Å². The minimum Gasteiger partial charge on any atom is -0.313 e. The third kappa shape index (κ3) is 3.44. The van der Waals surface area contributed by atoms with Crippen molar-refractivity contribution in [2.24, 2.45) is 5.92 Å². The quantitative estimate of drug-likeness (QED) is 0.907. The first-order valence-corrected chi connectivity index (χ1v) is 8.81. The van der Waals surface area contributed by atoms with E-state index in [0.29, 0.717) is 31.1 Å². The average Bonchev–Trinajstić information content (AvgIpc) is 2.77. The van der Waals surface area contributed by atoms with Crippen LogP contribution in [0.4, 0.5) is 4.39 Å². The Morgan fingerprint density at radius 3 is 2.67 bits per heavy atom. The molecule has 1 aromatic carbocycles. The number of nitrogens with one attached hydrogen (secondary N) is 1. The lowest BCUT2D eigenvalue weighted by molar-refractivity contribution is 0.405. The largest absolute Gasteiger partial charge is 0.313 e. The van der Waals surface area contributed by atoms with E-state index < -0.39 is 10.0 Å². The summed E-state index contributed by atoms with van der Waals surface area (Å²) < 4.78 is 40.7. The molecule has 0 saturated carbocycles. The van der Waals surface area contributed by atoms with E-state index in [-0.39, 0.29) is 16.8 Å². The summed E-state index contributed by atoms with van der Waals surface area (Å²) in [6, 6.07) is 4.04. The number of benzene rings is 1. The maximum Gasteiger partial charge on any atom is 0.243 e. The van der Waals surface area contributed by atoms with Gasteiger partial charge in [-0.1, -0.05) is 13.8 Å². The fraction of sp³-hybridized carbons (Fsp3) is 0.600. The fourth-order valence-corrected chi connectivity index (χ4v) is 4.65. The molecule has 0 radical (unpaired) electrons. The van der Waals surface area contributed by atoms with Crippen LogP contribution in [0.25, 0.3) is 0 Å². The van der Waals surface area contributed by atoms with Crippen molar-refractivity contribution >= 4 is 10.0 Å². The first kappa shape index (κ1) is 16.4. The summed E-state index contributed by atoms with van der Waals surface area (Å²) in [5.74, 6) is -0.0193. The minimum atomic E-state index is -3.55. The first-order valence-electron chi connectivity index (χ1n) is 7.37. The molecule has 1 aromatic rings. The van der Waals surface area contributed by atoms with E-state index in [4.69, 9.17) is 0 Å². The lowest BCUT2D eigenvalue weighted by atomic mass is 10.1. The molecule has 1 aliphatic rings. The highest BCUT2D eigenvalue weighted by Crippen LogP contribution is 2.29. The van der Waals surface area contributed by atoms with E-state index >= 15 is 0 Å². The molecule has 2 atom stereocenters. The average molecular weight is 314 g/mol. The molecule has 1 heterocycles. The van der Waals surface area contributed by atoms with Crippen LogP contribution in [0.1, 0.15) is 32.8 Å². The third-order valence-electron chi connectivity index (χ3n) is 3.92. The van der Waals surface area contributed by atoms with Crippen LogP contribution >= 0.6 is 0 Å². The van der Waals surface area contributed by atoms with Crippen molar-refractivity contribution in [3.63, 3.8) is 0 Å². The van der Waals surface area contributed by atoms with Gasteiger partial charge < -0.3 is 5.32 Å². The molecule has 0 aliphatic carbocycles. The number of rotatable bonds is 5. The van der Waals surface area contributed by atoms with Crippen LogP contribution in [0.3, 0.4) is 0 Å². The van der Waals surface area contributed by atoms with Gasteiger partial charge in [-0.15, -0.1) is 0 Å². The highest BCUT2D eigenvalue weighted by Gasteiger charge is 2.36. The van der Waals surface area contributed by atoms with Crippen LogP contribution in [0.5, 0.6) is 0 Å². The van der Waals surface area contributed by atoms with Crippen molar-refractivity contribution in [1.29, 1.82) is 0 Å². The maximum atomic E-state index is 13.7. The van der Waals surface area contributed by atoms with Crippen LogP contribution in [-0.2, 0) is 16.6 Å². The molecule has 1 saturated heterocycles. The van der Waals surface area contributed by atoms with Crippen LogP contribution in [0, 0.1) is 11.7 Å². The molecular weight excluding hydrogens is 291 g/mol. The molecule has 0 aromatic heterocycles. The Balaban J connectivity index is 2.32. The van der Waals surface area contributed by atoms with E-state index in [9.17, 15) is 12.8 Å². The molecule has 1 fully saturated rings. The molecule has 1 N–H and O–H groups in total. The Kier molecular flexibility index (Phi) is 5.01. The van der Waals surface area contributed by atoms with E-state index in [1.54, 1.807) is 0 Å². The highest BCUT2D eigenvalue weighted by molar-refractivity contribution is 7.89. The number of nitrogens with zero attached hydrogens (tertiary/aromatic N) is 1. The first-order chi connectivity index (χ1) is 9.86. The normalized spacial score (nSPS) is 23.6. The summed E-state index contributed by atoms with van der Waals surface area (Å²) >= 11 is 0. The second-order valence-corrected chi connectivity index (χ2v) is 7.69. The molecule has 4 nitrogen and oxygen atoms in total. The SMILES string of the molecule is CCNCc1cc(S(=O)(=O)N2CC(C)CC2C)ccc1F. The van der Waals surface area contributed by atoms with Crippen molar-refractivity contribution in [1.82, 2.24) is 9.62 Å². The van der Waals surface area contributed by atoms with Gasteiger partial charge in [0.1, 0.15) is 5.82 Å².